The number of carbonyl (C=O) groups excluding carboxylic acids is 5. The third kappa shape index (κ3) is 5.53. The summed E-state index contributed by atoms with van der Waals surface area (Å²) in [4.78, 5) is 65.3. The van der Waals surface area contributed by atoms with E-state index in [0.29, 0.717) is 24.1 Å². The van der Waals surface area contributed by atoms with Gasteiger partial charge in [0.2, 0.25) is 11.8 Å². The number of alkyl carbamates (subject to hydrolysis) is 1. The van der Waals surface area contributed by atoms with Gasteiger partial charge >= 0.3 is 6.09 Å². The molecule has 188 valence electrons. The Labute approximate surface area is 204 Å². The summed E-state index contributed by atoms with van der Waals surface area (Å²) in [6.07, 6.45) is 2.00. The van der Waals surface area contributed by atoms with Gasteiger partial charge in [-0.3, -0.25) is 29.4 Å². The molecule has 0 radical (unpaired) electrons. The molecule has 1 aromatic rings. The number of rotatable bonds is 5. The van der Waals surface area contributed by atoms with Crippen LogP contribution in [0.3, 0.4) is 0 Å². The van der Waals surface area contributed by atoms with Gasteiger partial charge in [-0.2, -0.15) is 0 Å². The van der Waals surface area contributed by atoms with Crippen molar-refractivity contribution in [2.75, 3.05) is 19.6 Å². The van der Waals surface area contributed by atoms with Gasteiger partial charge in [-0.15, -0.1) is 0 Å². The fourth-order valence-corrected chi connectivity index (χ4v) is 4.85. The predicted octanol–water partition coefficient (Wildman–Crippen LogP) is 1.62. The monoisotopic (exact) mass is 484 g/mol. The van der Waals surface area contributed by atoms with E-state index in [1.165, 1.54) is 0 Å². The second-order valence-corrected chi connectivity index (χ2v) is 10.3. The van der Waals surface area contributed by atoms with Crippen molar-refractivity contribution in [1.29, 1.82) is 0 Å². The van der Waals surface area contributed by atoms with Crippen molar-refractivity contribution >= 4 is 29.7 Å². The zero-order valence-electron chi connectivity index (χ0n) is 20.4. The van der Waals surface area contributed by atoms with Crippen LogP contribution in [0.25, 0.3) is 0 Å². The largest absolute Gasteiger partial charge is 0.444 e. The molecule has 2 saturated heterocycles. The van der Waals surface area contributed by atoms with Gasteiger partial charge in [-0.25, -0.2) is 4.79 Å². The Morgan fingerprint density at radius 1 is 1.09 bits per heavy atom. The van der Waals surface area contributed by atoms with Gasteiger partial charge in [-0.05, 0) is 58.1 Å². The van der Waals surface area contributed by atoms with Crippen LogP contribution in [0.15, 0.2) is 18.2 Å². The lowest BCUT2D eigenvalue weighted by atomic mass is 9.99. The van der Waals surface area contributed by atoms with Crippen LogP contribution in [0.4, 0.5) is 4.79 Å². The summed E-state index contributed by atoms with van der Waals surface area (Å²) >= 11 is 0. The second-order valence-electron chi connectivity index (χ2n) is 10.3. The number of ether oxygens (including phenoxy) is 1. The number of hydrogen-bond acceptors (Lipinski definition) is 7. The van der Waals surface area contributed by atoms with E-state index in [4.69, 9.17) is 4.74 Å². The van der Waals surface area contributed by atoms with Crippen LogP contribution in [0.2, 0.25) is 0 Å². The Morgan fingerprint density at radius 3 is 2.46 bits per heavy atom. The molecule has 3 aliphatic rings. The first-order valence-corrected chi connectivity index (χ1v) is 12.1. The normalized spacial score (nSPS) is 21.7. The fraction of sp³-hybridized carbons (Fsp3) is 0.560. The predicted molar refractivity (Wildman–Crippen MR) is 126 cm³/mol. The molecule has 0 aliphatic carbocycles. The Balaban J connectivity index is 1.35. The zero-order valence-corrected chi connectivity index (χ0v) is 20.4. The summed E-state index contributed by atoms with van der Waals surface area (Å²) in [6, 6.07) is 4.30. The molecule has 0 aromatic heterocycles. The van der Waals surface area contributed by atoms with Crippen molar-refractivity contribution in [3.8, 4) is 0 Å². The lowest BCUT2D eigenvalue weighted by Gasteiger charge is -2.33. The molecule has 3 aliphatic heterocycles. The molecule has 10 nitrogen and oxygen atoms in total. The van der Waals surface area contributed by atoms with Crippen LogP contribution in [0, 0.1) is 0 Å². The van der Waals surface area contributed by atoms with Crippen molar-refractivity contribution < 1.29 is 28.7 Å². The molecule has 2 fully saturated rings. The van der Waals surface area contributed by atoms with Crippen LogP contribution >= 0.6 is 0 Å². The van der Waals surface area contributed by atoms with E-state index in [1.807, 2.05) is 26.8 Å². The van der Waals surface area contributed by atoms with E-state index < -0.39 is 41.4 Å². The molecule has 0 saturated carbocycles. The Hall–Kier alpha value is -3.27. The maximum absolute atomic E-state index is 13.2. The standard InChI is InChI=1S/C25H32N4O6/c1-25(2,3)35-24(34)26-16-10-13-28(14-11-16)12-9-15-5-4-6-17-20(15)23(33)29(22(17)32)18-7-8-19(30)27-21(18)31/h4-6,16,18H,7-14H2,1-3H3,(H,26,34)(H,27,30,31). The van der Waals surface area contributed by atoms with Gasteiger partial charge in [0, 0.05) is 32.1 Å². The Morgan fingerprint density at radius 2 is 1.80 bits per heavy atom. The highest BCUT2D eigenvalue weighted by atomic mass is 16.6. The number of carbonyl (C=O) groups is 5. The first-order valence-electron chi connectivity index (χ1n) is 12.1. The Bertz CT molecular complexity index is 1050. The average molecular weight is 485 g/mol. The first-order chi connectivity index (χ1) is 16.5. The molecule has 10 heteroatoms. The summed E-state index contributed by atoms with van der Waals surface area (Å²) in [6.45, 7) is 7.79. The zero-order chi connectivity index (χ0) is 25.3. The number of likely N-dealkylation sites (tertiary alicyclic amines) is 1. The highest BCUT2D eigenvalue weighted by Crippen LogP contribution is 2.30. The highest BCUT2D eigenvalue weighted by Gasteiger charge is 2.45. The van der Waals surface area contributed by atoms with Crippen LogP contribution < -0.4 is 10.6 Å². The van der Waals surface area contributed by atoms with Gasteiger partial charge in [0.05, 0.1) is 11.1 Å². The van der Waals surface area contributed by atoms with E-state index in [0.717, 1.165) is 36.4 Å². The van der Waals surface area contributed by atoms with Crippen molar-refractivity contribution in [3.05, 3.63) is 34.9 Å². The van der Waals surface area contributed by atoms with Crippen molar-refractivity contribution in [3.63, 3.8) is 0 Å². The molecule has 1 atom stereocenters. The van der Waals surface area contributed by atoms with Crippen LogP contribution in [-0.4, -0.2) is 76.8 Å². The maximum atomic E-state index is 13.2. The van der Waals surface area contributed by atoms with Crippen LogP contribution in [-0.2, 0) is 20.7 Å². The summed E-state index contributed by atoms with van der Waals surface area (Å²) in [5, 5.41) is 5.15. The lowest BCUT2D eigenvalue weighted by Crippen LogP contribution is -2.54. The maximum Gasteiger partial charge on any atom is 0.407 e. The number of nitrogens with zero attached hydrogens (tertiary/aromatic N) is 2. The molecule has 4 rings (SSSR count). The smallest absolute Gasteiger partial charge is 0.407 e. The summed E-state index contributed by atoms with van der Waals surface area (Å²) < 4.78 is 5.33. The topological polar surface area (TPSA) is 125 Å². The second kappa shape index (κ2) is 9.77. The molecule has 0 bridgehead atoms. The number of fused-ring (bicyclic) bond motifs is 1. The van der Waals surface area contributed by atoms with Gasteiger partial charge in [0.25, 0.3) is 11.8 Å². The lowest BCUT2D eigenvalue weighted by molar-refractivity contribution is -0.136. The third-order valence-corrected chi connectivity index (χ3v) is 6.56. The Kier molecular flexibility index (Phi) is 6.93. The molecule has 35 heavy (non-hydrogen) atoms. The average Bonchev–Trinajstić information content (AvgIpc) is 3.03. The van der Waals surface area contributed by atoms with Crippen LogP contribution in [0.1, 0.15) is 72.7 Å². The number of piperidine rings is 2. The number of hydrogen-bond donors (Lipinski definition) is 2. The summed E-state index contributed by atoms with van der Waals surface area (Å²) in [7, 11) is 0. The molecular weight excluding hydrogens is 452 g/mol. The van der Waals surface area contributed by atoms with E-state index in [-0.39, 0.29) is 18.9 Å². The SMILES string of the molecule is CC(C)(C)OC(=O)NC1CCN(CCc2cccc3c2C(=O)N(C2CCC(=O)NC2=O)C3=O)CC1. The molecule has 2 N–H and O–H groups in total. The van der Waals surface area contributed by atoms with Crippen molar-refractivity contribution in [2.45, 2.75) is 70.6 Å². The third-order valence-electron chi connectivity index (χ3n) is 6.56. The summed E-state index contributed by atoms with van der Waals surface area (Å²) in [5.41, 5.74) is 0.888. The van der Waals surface area contributed by atoms with E-state index >= 15 is 0 Å². The van der Waals surface area contributed by atoms with Gasteiger partial charge in [0.15, 0.2) is 0 Å². The fourth-order valence-electron chi connectivity index (χ4n) is 4.85. The molecule has 0 spiro atoms. The number of benzene rings is 1. The first kappa shape index (κ1) is 24.8. The molecule has 1 aromatic carbocycles. The van der Waals surface area contributed by atoms with Crippen molar-refractivity contribution in [1.82, 2.24) is 20.4 Å². The number of imide groups is 2. The van der Waals surface area contributed by atoms with E-state index in [2.05, 4.69) is 15.5 Å². The van der Waals surface area contributed by atoms with Gasteiger partial charge < -0.3 is 15.0 Å². The number of nitrogens with one attached hydrogen (secondary N) is 2. The van der Waals surface area contributed by atoms with Crippen LogP contribution in [0.5, 0.6) is 0 Å². The molecule has 3 heterocycles. The van der Waals surface area contributed by atoms with E-state index in [1.54, 1.807) is 12.1 Å². The molecular formula is C25H32N4O6. The molecule has 1 unspecified atom stereocenters. The minimum Gasteiger partial charge on any atom is -0.444 e. The highest BCUT2D eigenvalue weighted by molar-refractivity contribution is 6.24. The summed E-state index contributed by atoms with van der Waals surface area (Å²) in [5.74, 6) is -1.97. The van der Waals surface area contributed by atoms with Gasteiger partial charge in [-0.1, -0.05) is 12.1 Å². The number of amides is 5. The quantitative estimate of drug-likeness (QED) is 0.609. The minimum atomic E-state index is -0.968. The molecule has 5 amide bonds. The van der Waals surface area contributed by atoms with E-state index in [9.17, 15) is 24.0 Å². The minimum absolute atomic E-state index is 0.0587. The van der Waals surface area contributed by atoms with Gasteiger partial charge in [0.1, 0.15) is 11.6 Å². The van der Waals surface area contributed by atoms with Crippen molar-refractivity contribution in [2.24, 2.45) is 0 Å².